The molecule has 21 heavy (non-hydrogen) atoms. The van der Waals surface area contributed by atoms with Gasteiger partial charge in [-0.15, -0.1) is 0 Å². The summed E-state index contributed by atoms with van der Waals surface area (Å²) in [6, 6.07) is 1.94. The fourth-order valence-corrected chi connectivity index (χ4v) is 2.30. The number of aliphatic hydroxyl groups is 1. The zero-order chi connectivity index (χ0) is 15.4. The molecule has 2 rings (SSSR count). The summed E-state index contributed by atoms with van der Waals surface area (Å²) < 4.78 is 0. The lowest BCUT2D eigenvalue weighted by atomic mass is 9.80. The predicted molar refractivity (Wildman–Crippen MR) is 81.1 cm³/mol. The van der Waals surface area contributed by atoms with Crippen LogP contribution in [-0.2, 0) is 4.79 Å². The monoisotopic (exact) mass is 292 g/mol. The summed E-state index contributed by atoms with van der Waals surface area (Å²) in [5, 5.41) is 15.4. The highest BCUT2D eigenvalue weighted by molar-refractivity contribution is 5.77. The van der Waals surface area contributed by atoms with Crippen molar-refractivity contribution in [2.45, 2.75) is 45.6 Å². The van der Waals surface area contributed by atoms with Crippen LogP contribution in [0.3, 0.4) is 0 Å². The van der Waals surface area contributed by atoms with Crippen molar-refractivity contribution in [1.82, 2.24) is 15.3 Å². The van der Waals surface area contributed by atoms with Gasteiger partial charge < -0.3 is 15.7 Å². The van der Waals surface area contributed by atoms with Crippen LogP contribution in [0, 0.1) is 12.8 Å². The number of nitrogens with zero attached hydrogens (tertiary/aromatic N) is 2. The third-order valence-corrected chi connectivity index (χ3v) is 3.64. The van der Waals surface area contributed by atoms with E-state index in [0.29, 0.717) is 19.0 Å². The molecule has 0 aliphatic heterocycles. The largest absolute Gasteiger partial charge is 0.393 e. The molecule has 1 aliphatic carbocycles. The van der Waals surface area contributed by atoms with Gasteiger partial charge in [-0.1, -0.05) is 13.8 Å². The first-order chi connectivity index (χ1) is 9.95. The Morgan fingerprint density at radius 3 is 2.71 bits per heavy atom. The number of hydrogen-bond acceptors (Lipinski definition) is 5. The van der Waals surface area contributed by atoms with Crippen LogP contribution < -0.4 is 10.6 Å². The Kier molecular flexibility index (Phi) is 5.12. The third kappa shape index (κ3) is 4.39. The number of aliphatic hydroxyl groups excluding tert-OH is 1. The van der Waals surface area contributed by atoms with Gasteiger partial charge in [0.15, 0.2) is 0 Å². The second-order valence-electron chi connectivity index (χ2n) is 5.92. The zero-order valence-corrected chi connectivity index (χ0v) is 12.9. The van der Waals surface area contributed by atoms with Crippen molar-refractivity contribution in [3.63, 3.8) is 0 Å². The molecule has 0 atom stereocenters. The molecule has 0 radical (unpaired) electrons. The molecule has 1 fully saturated rings. The Balaban J connectivity index is 1.84. The van der Waals surface area contributed by atoms with Gasteiger partial charge in [-0.2, -0.15) is 0 Å². The molecule has 0 spiro atoms. The van der Waals surface area contributed by atoms with E-state index in [9.17, 15) is 9.90 Å². The van der Waals surface area contributed by atoms with E-state index in [4.69, 9.17) is 0 Å². The number of aromatic nitrogens is 2. The highest BCUT2D eigenvalue weighted by Gasteiger charge is 2.30. The van der Waals surface area contributed by atoms with Gasteiger partial charge in [-0.3, -0.25) is 4.79 Å². The fraction of sp³-hybridized carbons (Fsp3) is 0.667. The van der Waals surface area contributed by atoms with Crippen LogP contribution in [0.25, 0.3) is 0 Å². The summed E-state index contributed by atoms with van der Waals surface area (Å²) in [6.07, 6.45) is 1.37. The summed E-state index contributed by atoms with van der Waals surface area (Å²) in [7, 11) is 0. The molecule has 0 unspecified atom stereocenters. The van der Waals surface area contributed by atoms with Crippen molar-refractivity contribution in [1.29, 1.82) is 0 Å². The molecule has 1 aliphatic rings. The minimum atomic E-state index is -0.187. The lowest BCUT2D eigenvalue weighted by Gasteiger charge is -2.31. The van der Waals surface area contributed by atoms with Crippen LogP contribution in [-0.4, -0.2) is 40.2 Å². The molecule has 1 heterocycles. The SMILES string of the molecule is Cc1nc(NCCNC(=O)C(C)C)cc(C2CC(O)C2)n1. The molecular formula is C15H24N4O2. The predicted octanol–water partition coefficient (Wildman–Crippen LogP) is 1.21. The molecule has 1 aromatic heterocycles. The molecule has 0 aromatic carbocycles. The van der Waals surface area contributed by atoms with Crippen LogP contribution in [0.2, 0.25) is 0 Å². The number of anilines is 1. The normalized spacial score (nSPS) is 21.0. The second-order valence-corrected chi connectivity index (χ2v) is 5.92. The quantitative estimate of drug-likeness (QED) is 0.686. The Morgan fingerprint density at radius 1 is 1.38 bits per heavy atom. The highest BCUT2D eigenvalue weighted by atomic mass is 16.3. The van der Waals surface area contributed by atoms with Crippen molar-refractivity contribution in [3.05, 3.63) is 17.6 Å². The smallest absolute Gasteiger partial charge is 0.222 e. The topological polar surface area (TPSA) is 87.1 Å². The van der Waals surface area contributed by atoms with Gasteiger partial charge in [0.05, 0.1) is 6.10 Å². The van der Waals surface area contributed by atoms with Gasteiger partial charge in [-0.25, -0.2) is 9.97 Å². The van der Waals surface area contributed by atoms with Gasteiger partial charge in [0.2, 0.25) is 5.91 Å². The second kappa shape index (κ2) is 6.85. The van der Waals surface area contributed by atoms with Crippen LogP contribution in [0.15, 0.2) is 6.07 Å². The fourth-order valence-electron chi connectivity index (χ4n) is 2.30. The number of nitrogens with one attached hydrogen (secondary N) is 2. The lowest BCUT2D eigenvalue weighted by molar-refractivity contribution is -0.123. The number of carbonyl (C=O) groups excluding carboxylic acids is 1. The van der Waals surface area contributed by atoms with E-state index in [-0.39, 0.29) is 17.9 Å². The molecule has 3 N–H and O–H groups in total. The van der Waals surface area contributed by atoms with E-state index in [1.54, 1.807) is 0 Å². The minimum absolute atomic E-state index is 0.00272. The summed E-state index contributed by atoms with van der Waals surface area (Å²) in [5.41, 5.74) is 0.988. The number of aryl methyl sites for hydroxylation is 1. The lowest BCUT2D eigenvalue weighted by Crippen LogP contribution is -2.32. The highest BCUT2D eigenvalue weighted by Crippen LogP contribution is 2.36. The van der Waals surface area contributed by atoms with Crippen molar-refractivity contribution in [2.24, 2.45) is 5.92 Å². The van der Waals surface area contributed by atoms with Crippen molar-refractivity contribution >= 4 is 11.7 Å². The van der Waals surface area contributed by atoms with E-state index >= 15 is 0 Å². The molecule has 6 heteroatoms. The summed E-state index contributed by atoms with van der Waals surface area (Å²) in [6.45, 7) is 6.80. The molecule has 1 amide bonds. The summed E-state index contributed by atoms with van der Waals surface area (Å²) in [5.74, 6) is 1.89. The van der Waals surface area contributed by atoms with Gasteiger partial charge in [0.25, 0.3) is 0 Å². The van der Waals surface area contributed by atoms with E-state index in [1.165, 1.54) is 0 Å². The van der Waals surface area contributed by atoms with Crippen molar-refractivity contribution < 1.29 is 9.90 Å². The summed E-state index contributed by atoms with van der Waals surface area (Å²) in [4.78, 5) is 20.2. The maximum Gasteiger partial charge on any atom is 0.222 e. The molecular weight excluding hydrogens is 268 g/mol. The molecule has 6 nitrogen and oxygen atoms in total. The van der Waals surface area contributed by atoms with Gasteiger partial charge in [0, 0.05) is 36.7 Å². The van der Waals surface area contributed by atoms with E-state index in [0.717, 1.165) is 30.2 Å². The number of hydrogen-bond donors (Lipinski definition) is 3. The first kappa shape index (κ1) is 15.7. The van der Waals surface area contributed by atoms with Crippen LogP contribution in [0.5, 0.6) is 0 Å². The standard InChI is InChI=1S/C15H24N4O2/c1-9(2)15(21)17-5-4-16-14-8-13(18-10(3)19-14)11-6-12(20)7-11/h8-9,11-12,20H,4-7H2,1-3H3,(H,17,21)(H,16,18,19). The minimum Gasteiger partial charge on any atom is -0.393 e. The average Bonchev–Trinajstić information content (AvgIpc) is 2.39. The maximum atomic E-state index is 11.4. The van der Waals surface area contributed by atoms with Crippen LogP contribution in [0.4, 0.5) is 5.82 Å². The van der Waals surface area contributed by atoms with Gasteiger partial charge in [0.1, 0.15) is 11.6 Å². The van der Waals surface area contributed by atoms with E-state index in [1.807, 2.05) is 26.8 Å². The van der Waals surface area contributed by atoms with Crippen molar-refractivity contribution in [2.75, 3.05) is 18.4 Å². The molecule has 0 saturated heterocycles. The van der Waals surface area contributed by atoms with Crippen LogP contribution >= 0.6 is 0 Å². The Hall–Kier alpha value is -1.69. The Bertz CT molecular complexity index is 498. The average molecular weight is 292 g/mol. The van der Waals surface area contributed by atoms with E-state index < -0.39 is 0 Å². The van der Waals surface area contributed by atoms with Gasteiger partial charge in [-0.05, 0) is 19.8 Å². The molecule has 1 saturated carbocycles. The van der Waals surface area contributed by atoms with Gasteiger partial charge >= 0.3 is 0 Å². The van der Waals surface area contributed by atoms with Crippen molar-refractivity contribution in [3.8, 4) is 0 Å². The third-order valence-electron chi connectivity index (χ3n) is 3.64. The Labute approximate surface area is 125 Å². The van der Waals surface area contributed by atoms with E-state index in [2.05, 4.69) is 20.6 Å². The number of rotatable bonds is 6. The van der Waals surface area contributed by atoms with Crippen LogP contribution in [0.1, 0.15) is 44.1 Å². The Morgan fingerprint density at radius 2 is 2.10 bits per heavy atom. The first-order valence-corrected chi connectivity index (χ1v) is 7.51. The number of carbonyl (C=O) groups is 1. The molecule has 116 valence electrons. The number of amides is 1. The zero-order valence-electron chi connectivity index (χ0n) is 12.9. The first-order valence-electron chi connectivity index (χ1n) is 7.51. The maximum absolute atomic E-state index is 11.4. The molecule has 0 bridgehead atoms. The molecule has 1 aromatic rings. The summed E-state index contributed by atoms with van der Waals surface area (Å²) >= 11 is 0.